The van der Waals surface area contributed by atoms with E-state index < -0.39 is 0 Å². The van der Waals surface area contributed by atoms with E-state index in [4.69, 9.17) is 11.1 Å². The molecular weight excluding hydrogens is 316 g/mol. The molecule has 128 valence electrons. The Labute approximate surface area is 145 Å². The van der Waals surface area contributed by atoms with Gasteiger partial charge in [0.15, 0.2) is 5.96 Å². The van der Waals surface area contributed by atoms with Crippen molar-refractivity contribution in [2.45, 2.75) is 26.2 Å². The van der Waals surface area contributed by atoms with Gasteiger partial charge in [-0.2, -0.15) is 5.10 Å². The van der Waals surface area contributed by atoms with E-state index in [1.54, 1.807) is 24.4 Å². The number of fused-ring (bicyclic) bond motifs is 1. The molecule has 0 radical (unpaired) electrons. The Morgan fingerprint density at radius 1 is 1.32 bits per heavy atom. The Morgan fingerprint density at radius 3 is 2.92 bits per heavy atom. The Balaban J connectivity index is 2.06. The van der Waals surface area contributed by atoms with Gasteiger partial charge in [-0.3, -0.25) is 20.3 Å². The fraction of sp³-hybridized carbons (Fsp3) is 0.222. The van der Waals surface area contributed by atoms with Crippen molar-refractivity contribution in [2.24, 2.45) is 5.73 Å². The lowest BCUT2D eigenvalue weighted by molar-refractivity contribution is 0.100. The molecule has 0 unspecified atom stereocenters. The third kappa shape index (κ3) is 3.21. The Morgan fingerprint density at radius 2 is 2.16 bits per heavy atom. The van der Waals surface area contributed by atoms with Gasteiger partial charge in [-0.05, 0) is 37.1 Å². The SMILES string of the molecule is CCCCc1[nH]ncc1C(=O)N(C(=N)N)c1cccc2ncccc12. The van der Waals surface area contributed by atoms with Crippen LogP contribution in [0.2, 0.25) is 0 Å². The summed E-state index contributed by atoms with van der Waals surface area (Å²) < 4.78 is 0. The quantitative estimate of drug-likeness (QED) is 0.491. The summed E-state index contributed by atoms with van der Waals surface area (Å²) in [6.07, 6.45) is 5.86. The molecular formula is C18H20N6O. The molecule has 0 spiro atoms. The average Bonchev–Trinajstić information content (AvgIpc) is 3.08. The van der Waals surface area contributed by atoms with Gasteiger partial charge in [-0.25, -0.2) is 4.90 Å². The van der Waals surface area contributed by atoms with Gasteiger partial charge in [0, 0.05) is 17.3 Å². The average molecular weight is 336 g/mol. The Bertz CT molecular complexity index is 911. The molecule has 3 rings (SSSR count). The van der Waals surface area contributed by atoms with E-state index in [0.29, 0.717) is 11.3 Å². The van der Waals surface area contributed by atoms with Crippen molar-refractivity contribution in [3.05, 3.63) is 54.0 Å². The number of nitrogens with one attached hydrogen (secondary N) is 2. The van der Waals surface area contributed by atoms with Crippen molar-refractivity contribution in [3.63, 3.8) is 0 Å². The van der Waals surface area contributed by atoms with E-state index in [0.717, 1.165) is 35.9 Å². The minimum atomic E-state index is -0.372. The summed E-state index contributed by atoms with van der Waals surface area (Å²) in [7, 11) is 0. The number of H-pyrrole nitrogens is 1. The molecule has 3 aromatic rings. The molecule has 7 nitrogen and oxygen atoms in total. The summed E-state index contributed by atoms with van der Waals surface area (Å²) >= 11 is 0. The third-order valence-electron chi connectivity index (χ3n) is 4.04. The van der Waals surface area contributed by atoms with E-state index in [2.05, 4.69) is 22.1 Å². The lowest BCUT2D eigenvalue weighted by Crippen LogP contribution is -2.41. The van der Waals surface area contributed by atoms with Crippen LogP contribution in [0.3, 0.4) is 0 Å². The Kier molecular flexibility index (Phi) is 4.74. The van der Waals surface area contributed by atoms with Crippen LogP contribution in [0, 0.1) is 5.41 Å². The van der Waals surface area contributed by atoms with Crippen molar-refractivity contribution < 1.29 is 4.79 Å². The summed E-state index contributed by atoms with van der Waals surface area (Å²) in [4.78, 5) is 18.6. The van der Waals surface area contributed by atoms with Crippen molar-refractivity contribution in [2.75, 3.05) is 4.90 Å². The number of carbonyl (C=O) groups is 1. The zero-order valence-corrected chi connectivity index (χ0v) is 14.0. The maximum Gasteiger partial charge on any atom is 0.268 e. The van der Waals surface area contributed by atoms with Crippen molar-refractivity contribution >= 4 is 28.5 Å². The van der Waals surface area contributed by atoms with E-state index in [1.165, 1.54) is 11.1 Å². The molecule has 1 aromatic carbocycles. The summed E-state index contributed by atoms with van der Waals surface area (Å²) in [6.45, 7) is 2.09. The second kappa shape index (κ2) is 7.12. The molecule has 7 heteroatoms. The normalized spacial score (nSPS) is 10.8. The van der Waals surface area contributed by atoms with Crippen LogP contribution in [-0.4, -0.2) is 27.0 Å². The number of guanidine groups is 1. The smallest absolute Gasteiger partial charge is 0.268 e. The number of unbranched alkanes of at least 4 members (excludes halogenated alkanes) is 1. The molecule has 0 saturated heterocycles. The lowest BCUT2D eigenvalue weighted by atomic mass is 10.1. The summed E-state index contributed by atoms with van der Waals surface area (Å²) in [5, 5.41) is 15.6. The summed E-state index contributed by atoms with van der Waals surface area (Å²) in [5.74, 6) is -0.715. The van der Waals surface area contributed by atoms with Crippen LogP contribution >= 0.6 is 0 Å². The number of aryl methyl sites for hydroxylation is 1. The van der Waals surface area contributed by atoms with Crippen LogP contribution in [0.4, 0.5) is 5.69 Å². The lowest BCUT2D eigenvalue weighted by Gasteiger charge is -2.22. The summed E-state index contributed by atoms with van der Waals surface area (Å²) in [6, 6.07) is 9.05. The van der Waals surface area contributed by atoms with Crippen LogP contribution in [0.15, 0.2) is 42.7 Å². The highest BCUT2D eigenvalue weighted by molar-refractivity contribution is 6.23. The van der Waals surface area contributed by atoms with Crippen LogP contribution in [0.1, 0.15) is 35.8 Å². The number of pyridine rings is 1. The largest absolute Gasteiger partial charge is 0.369 e. The molecule has 25 heavy (non-hydrogen) atoms. The van der Waals surface area contributed by atoms with E-state index in [-0.39, 0.29) is 11.9 Å². The number of aromatic nitrogens is 3. The van der Waals surface area contributed by atoms with Crippen molar-refractivity contribution in [1.82, 2.24) is 15.2 Å². The van der Waals surface area contributed by atoms with Gasteiger partial charge < -0.3 is 5.73 Å². The molecule has 0 saturated carbocycles. The molecule has 2 heterocycles. The number of nitrogens with zero attached hydrogens (tertiary/aromatic N) is 3. The fourth-order valence-electron chi connectivity index (χ4n) is 2.79. The number of hydrogen-bond acceptors (Lipinski definition) is 4. The minimum Gasteiger partial charge on any atom is -0.369 e. The molecule has 0 aliphatic carbocycles. The highest BCUT2D eigenvalue weighted by Crippen LogP contribution is 2.27. The number of hydrogen-bond donors (Lipinski definition) is 3. The standard InChI is InChI=1S/C18H20N6O/c1-2-3-7-15-13(11-22-23-15)17(25)24(18(19)20)16-9-4-8-14-12(16)6-5-10-21-14/h4-6,8-11H,2-3,7H2,1H3,(H3,19,20)(H,22,23). The van der Waals surface area contributed by atoms with Gasteiger partial charge in [0.2, 0.25) is 0 Å². The van der Waals surface area contributed by atoms with Crippen molar-refractivity contribution in [1.29, 1.82) is 5.41 Å². The molecule has 0 aliphatic heterocycles. The molecule has 4 N–H and O–H groups in total. The Hall–Kier alpha value is -3.22. The molecule has 0 atom stereocenters. The van der Waals surface area contributed by atoms with Gasteiger partial charge in [0.25, 0.3) is 5.91 Å². The third-order valence-corrected chi connectivity index (χ3v) is 4.04. The van der Waals surface area contributed by atoms with Crippen LogP contribution in [0.25, 0.3) is 10.9 Å². The monoisotopic (exact) mass is 336 g/mol. The first-order valence-electron chi connectivity index (χ1n) is 8.18. The fourth-order valence-corrected chi connectivity index (χ4v) is 2.79. The first-order valence-corrected chi connectivity index (χ1v) is 8.18. The zero-order chi connectivity index (χ0) is 17.8. The van der Waals surface area contributed by atoms with Gasteiger partial charge in [0.05, 0.1) is 23.0 Å². The van der Waals surface area contributed by atoms with E-state index in [9.17, 15) is 4.79 Å². The zero-order valence-electron chi connectivity index (χ0n) is 14.0. The van der Waals surface area contributed by atoms with Crippen molar-refractivity contribution in [3.8, 4) is 0 Å². The molecule has 0 fully saturated rings. The van der Waals surface area contributed by atoms with E-state index in [1.807, 2.05) is 12.1 Å². The molecule has 2 aromatic heterocycles. The van der Waals surface area contributed by atoms with Gasteiger partial charge >= 0.3 is 0 Å². The molecule has 1 amide bonds. The van der Waals surface area contributed by atoms with E-state index >= 15 is 0 Å². The van der Waals surface area contributed by atoms with Gasteiger partial charge in [-0.1, -0.05) is 19.4 Å². The predicted molar refractivity (Wildman–Crippen MR) is 97.7 cm³/mol. The minimum absolute atomic E-state index is 0.344. The van der Waals surface area contributed by atoms with Crippen LogP contribution in [-0.2, 0) is 6.42 Å². The van der Waals surface area contributed by atoms with Crippen LogP contribution < -0.4 is 10.6 Å². The van der Waals surface area contributed by atoms with Gasteiger partial charge in [-0.15, -0.1) is 0 Å². The predicted octanol–water partition coefficient (Wildman–Crippen LogP) is 2.84. The van der Waals surface area contributed by atoms with Gasteiger partial charge in [0.1, 0.15) is 0 Å². The molecule has 0 bridgehead atoms. The number of benzene rings is 1. The first kappa shape index (κ1) is 16.6. The number of nitrogens with two attached hydrogens (primary N) is 1. The number of amides is 1. The highest BCUT2D eigenvalue weighted by atomic mass is 16.2. The number of rotatable bonds is 5. The number of aromatic amines is 1. The maximum atomic E-state index is 13.1. The second-order valence-corrected chi connectivity index (χ2v) is 5.74. The number of anilines is 1. The first-order chi connectivity index (χ1) is 12.1. The highest BCUT2D eigenvalue weighted by Gasteiger charge is 2.25. The summed E-state index contributed by atoms with van der Waals surface area (Å²) in [5.41, 5.74) is 8.22. The van der Waals surface area contributed by atoms with Crippen LogP contribution in [0.5, 0.6) is 0 Å². The molecule has 0 aliphatic rings. The second-order valence-electron chi connectivity index (χ2n) is 5.74. The maximum absolute atomic E-state index is 13.1. The number of carbonyl (C=O) groups excluding carboxylic acids is 1. The topological polar surface area (TPSA) is 112 Å².